The SMILES string of the molecule is Cn1c(S(C)(=O)=O)nc(-c2ccc(Cl)cc2)c1[N+](=O)[O-]. The predicted octanol–water partition coefficient (Wildman–Crippen LogP) is 2.05. The molecule has 0 spiro atoms. The number of nitro groups is 1. The van der Waals surface area contributed by atoms with Gasteiger partial charge < -0.3 is 10.1 Å². The summed E-state index contributed by atoms with van der Waals surface area (Å²) in [4.78, 5) is 14.4. The standard InChI is InChI=1S/C11H10ClN3O4S/c1-14-10(15(16)17)9(13-11(14)20(2,18)19)7-3-5-8(12)6-4-7/h3-6H,1-2H3. The minimum absolute atomic E-state index is 0.00501. The normalized spacial score (nSPS) is 11.6. The smallest absolute Gasteiger partial charge is 0.351 e. The Balaban J connectivity index is 2.76. The molecule has 0 aliphatic heterocycles. The fourth-order valence-corrected chi connectivity index (χ4v) is 2.78. The molecule has 9 heteroatoms. The van der Waals surface area contributed by atoms with Gasteiger partial charge in [0.25, 0.3) is 0 Å². The summed E-state index contributed by atoms with van der Waals surface area (Å²) in [6.07, 6.45) is 0.949. The molecule has 1 aromatic carbocycles. The van der Waals surface area contributed by atoms with Crippen molar-refractivity contribution >= 4 is 27.3 Å². The largest absolute Gasteiger partial charge is 0.358 e. The zero-order chi connectivity index (χ0) is 15.1. The van der Waals surface area contributed by atoms with E-state index in [0.717, 1.165) is 10.8 Å². The highest BCUT2D eigenvalue weighted by molar-refractivity contribution is 7.90. The van der Waals surface area contributed by atoms with Gasteiger partial charge in [0, 0.05) is 16.8 Å². The van der Waals surface area contributed by atoms with Crippen LogP contribution in [0, 0.1) is 10.1 Å². The summed E-state index contributed by atoms with van der Waals surface area (Å²) in [5.41, 5.74) is 0.418. The number of hydrogen-bond acceptors (Lipinski definition) is 5. The van der Waals surface area contributed by atoms with Gasteiger partial charge in [-0.05, 0) is 17.1 Å². The van der Waals surface area contributed by atoms with Gasteiger partial charge in [0.2, 0.25) is 9.84 Å². The first kappa shape index (κ1) is 14.5. The van der Waals surface area contributed by atoms with Gasteiger partial charge in [-0.2, -0.15) is 9.55 Å². The molecule has 1 heterocycles. The monoisotopic (exact) mass is 315 g/mol. The maximum Gasteiger partial charge on any atom is 0.351 e. The van der Waals surface area contributed by atoms with Gasteiger partial charge in [0.15, 0.2) is 5.69 Å². The average Bonchev–Trinajstić information content (AvgIpc) is 2.67. The predicted molar refractivity (Wildman–Crippen MR) is 73.4 cm³/mol. The van der Waals surface area contributed by atoms with Crippen LogP contribution in [0.4, 0.5) is 5.82 Å². The van der Waals surface area contributed by atoms with Crippen LogP contribution in [0.5, 0.6) is 0 Å². The molecule has 0 N–H and O–H groups in total. The van der Waals surface area contributed by atoms with Crippen molar-refractivity contribution in [1.29, 1.82) is 0 Å². The van der Waals surface area contributed by atoms with Crippen molar-refractivity contribution in [1.82, 2.24) is 9.55 Å². The van der Waals surface area contributed by atoms with E-state index in [2.05, 4.69) is 4.98 Å². The van der Waals surface area contributed by atoms with Gasteiger partial charge in [-0.1, -0.05) is 23.7 Å². The third-order valence-corrected chi connectivity index (χ3v) is 3.93. The number of halogens is 1. The van der Waals surface area contributed by atoms with E-state index < -0.39 is 14.8 Å². The van der Waals surface area contributed by atoms with Crippen molar-refractivity contribution in [3.8, 4) is 11.3 Å². The van der Waals surface area contributed by atoms with Crippen LogP contribution in [0.1, 0.15) is 0 Å². The van der Waals surface area contributed by atoms with Crippen LogP contribution in [-0.4, -0.2) is 29.1 Å². The molecular weight excluding hydrogens is 306 g/mol. The Kier molecular flexibility index (Phi) is 3.53. The van der Waals surface area contributed by atoms with Crippen molar-refractivity contribution in [3.63, 3.8) is 0 Å². The molecule has 0 aliphatic rings. The van der Waals surface area contributed by atoms with Gasteiger partial charge >= 0.3 is 11.0 Å². The maximum absolute atomic E-state index is 11.6. The fourth-order valence-electron chi connectivity index (χ4n) is 1.81. The van der Waals surface area contributed by atoms with E-state index in [1.54, 1.807) is 24.3 Å². The van der Waals surface area contributed by atoms with E-state index in [0.29, 0.717) is 10.6 Å². The molecule has 0 unspecified atom stereocenters. The Morgan fingerprint density at radius 2 is 1.85 bits per heavy atom. The lowest BCUT2D eigenvalue weighted by Gasteiger charge is -1.99. The van der Waals surface area contributed by atoms with E-state index >= 15 is 0 Å². The van der Waals surface area contributed by atoms with Crippen LogP contribution < -0.4 is 0 Å². The van der Waals surface area contributed by atoms with Gasteiger partial charge in [0.1, 0.15) is 0 Å². The third kappa shape index (κ3) is 2.52. The van der Waals surface area contributed by atoms with Crippen LogP contribution in [0.15, 0.2) is 29.4 Å². The molecule has 0 saturated heterocycles. The Morgan fingerprint density at radius 3 is 2.30 bits per heavy atom. The van der Waals surface area contributed by atoms with Crippen LogP contribution in [0.25, 0.3) is 11.3 Å². The lowest BCUT2D eigenvalue weighted by molar-refractivity contribution is -0.391. The molecule has 0 bridgehead atoms. The number of rotatable bonds is 3. The van der Waals surface area contributed by atoms with Crippen LogP contribution in [0.2, 0.25) is 5.02 Å². The van der Waals surface area contributed by atoms with E-state index in [1.807, 2.05) is 0 Å². The van der Waals surface area contributed by atoms with Gasteiger partial charge in [0.05, 0.1) is 7.05 Å². The molecule has 2 rings (SSSR count). The summed E-state index contributed by atoms with van der Waals surface area (Å²) in [6.45, 7) is 0. The van der Waals surface area contributed by atoms with Gasteiger partial charge in [-0.15, -0.1) is 0 Å². The molecular formula is C11H10ClN3O4S. The number of benzene rings is 1. The quantitative estimate of drug-likeness (QED) is 0.638. The second-order valence-corrected chi connectivity index (χ2v) is 6.51. The highest BCUT2D eigenvalue weighted by Crippen LogP contribution is 2.31. The van der Waals surface area contributed by atoms with Crippen LogP contribution in [0.3, 0.4) is 0 Å². The summed E-state index contributed by atoms with van der Waals surface area (Å²) in [5.74, 6) is -0.382. The highest BCUT2D eigenvalue weighted by atomic mass is 35.5. The molecule has 0 amide bonds. The van der Waals surface area contributed by atoms with Crippen LogP contribution >= 0.6 is 11.6 Å². The first-order valence-corrected chi connectivity index (χ1v) is 7.66. The van der Waals surface area contributed by atoms with Crippen LogP contribution in [-0.2, 0) is 16.9 Å². The summed E-state index contributed by atoms with van der Waals surface area (Å²) in [7, 11) is -2.37. The summed E-state index contributed by atoms with van der Waals surface area (Å²) in [6, 6.07) is 6.19. The van der Waals surface area contributed by atoms with E-state index in [9.17, 15) is 18.5 Å². The number of aromatic nitrogens is 2. The molecule has 106 valence electrons. The Hall–Kier alpha value is -1.93. The number of hydrogen-bond donors (Lipinski definition) is 0. The first-order valence-electron chi connectivity index (χ1n) is 5.39. The molecule has 0 aliphatic carbocycles. The second kappa shape index (κ2) is 4.88. The number of nitrogens with zero attached hydrogens (tertiary/aromatic N) is 3. The van der Waals surface area contributed by atoms with Crippen molar-refractivity contribution in [2.45, 2.75) is 5.16 Å². The zero-order valence-corrected chi connectivity index (χ0v) is 12.1. The zero-order valence-electron chi connectivity index (χ0n) is 10.6. The Bertz CT molecular complexity index is 781. The topological polar surface area (TPSA) is 95.1 Å². The van der Waals surface area contributed by atoms with Crippen molar-refractivity contribution in [3.05, 3.63) is 39.4 Å². The molecule has 2 aromatic rings. The van der Waals surface area contributed by atoms with E-state index in [1.165, 1.54) is 7.05 Å². The number of imidazole rings is 1. The minimum atomic E-state index is -3.66. The molecule has 0 saturated carbocycles. The average molecular weight is 316 g/mol. The van der Waals surface area contributed by atoms with Crippen molar-refractivity contribution in [2.75, 3.05) is 6.26 Å². The van der Waals surface area contributed by atoms with Gasteiger partial charge in [-0.3, -0.25) is 0 Å². The molecule has 0 atom stereocenters. The Labute approximate surface area is 119 Å². The second-order valence-electron chi connectivity index (χ2n) is 4.16. The lowest BCUT2D eigenvalue weighted by atomic mass is 10.1. The van der Waals surface area contributed by atoms with Gasteiger partial charge in [-0.25, -0.2) is 8.42 Å². The maximum atomic E-state index is 11.6. The Morgan fingerprint density at radius 1 is 1.30 bits per heavy atom. The summed E-state index contributed by atoms with van der Waals surface area (Å²) in [5, 5.41) is 11.3. The fraction of sp³-hybridized carbons (Fsp3) is 0.182. The molecule has 0 radical (unpaired) electrons. The minimum Gasteiger partial charge on any atom is -0.358 e. The summed E-state index contributed by atoms with van der Waals surface area (Å²) >= 11 is 5.76. The van der Waals surface area contributed by atoms with Crippen molar-refractivity contribution < 1.29 is 13.3 Å². The third-order valence-electron chi connectivity index (χ3n) is 2.65. The van der Waals surface area contributed by atoms with E-state index in [-0.39, 0.29) is 16.7 Å². The highest BCUT2D eigenvalue weighted by Gasteiger charge is 2.30. The van der Waals surface area contributed by atoms with Crippen molar-refractivity contribution in [2.24, 2.45) is 7.05 Å². The molecule has 20 heavy (non-hydrogen) atoms. The first-order chi connectivity index (χ1) is 9.21. The summed E-state index contributed by atoms with van der Waals surface area (Å²) < 4.78 is 24.2. The lowest BCUT2D eigenvalue weighted by Crippen LogP contribution is -2.07. The molecule has 7 nitrogen and oxygen atoms in total. The molecule has 0 fully saturated rings. The van der Waals surface area contributed by atoms with E-state index in [4.69, 9.17) is 11.6 Å². The molecule has 1 aromatic heterocycles. The number of sulfone groups is 1.